The normalized spacial score (nSPS) is 16.5. The van der Waals surface area contributed by atoms with Crippen LogP contribution in [0, 0.1) is 0 Å². The summed E-state index contributed by atoms with van der Waals surface area (Å²) in [5, 5.41) is 3.09. The van der Waals surface area contributed by atoms with Gasteiger partial charge in [-0.05, 0) is 32.4 Å². The lowest BCUT2D eigenvalue weighted by Gasteiger charge is -2.32. The maximum absolute atomic E-state index is 12.2. The number of anilines is 1. The number of amides is 2. The van der Waals surface area contributed by atoms with Crippen LogP contribution in [0.25, 0.3) is 0 Å². The average Bonchev–Trinajstić information content (AvgIpc) is 2.54. The minimum Gasteiger partial charge on any atom is -0.378 e. The van der Waals surface area contributed by atoms with E-state index in [0.29, 0.717) is 0 Å². The Morgan fingerprint density at radius 3 is 2.50 bits per heavy atom. The zero-order valence-electron chi connectivity index (χ0n) is 14.0. The molecule has 5 nitrogen and oxygen atoms in total. The second-order valence-electron chi connectivity index (χ2n) is 6.03. The summed E-state index contributed by atoms with van der Waals surface area (Å²) in [7, 11) is 1.82. The average molecular weight is 305 g/mol. The van der Waals surface area contributed by atoms with E-state index in [0.717, 1.165) is 31.9 Å². The number of benzene rings is 1. The van der Waals surface area contributed by atoms with E-state index in [2.05, 4.69) is 22.3 Å². The molecule has 2 amide bonds. The van der Waals surface area contributed by atoms with Crippen LogP contribution in [0.1, 0.15) is 32.4 Å². The molecule has 1 aliphatic heterocycles. The molecule has 1 saturated heterocycles. The van der Waals surface area contributed by atoms with Crippen LogP contribution in [0.4, 0.5) is 10.5 Å². The Bertz CT molecular complexity index is 498. The van der Waals surface area contributed by atoms with E-state index in [1.54, 1.807) is 4.90 Å². The molecule has 1 aliphatic rings. The highest BCUT2D eigenvalue weighted by molar-refractivity contribution is 5.75. The molecule has 0 unspecified atom stereocenters. The largest absolute Gasteiger partial charge is 0.378 e. The fourth-order valence-corrected chi connectivity index (χ4v) is 2.55. The minimum absolute atomic E-state index is 0.0345. The molecule has 1 aromatic carbocycles. The number of ether oxygens (including phenoxy) is 1. The maximum atomic E-state index is 12.2. The van der Waals surface area contributed by atoms with Gasteiger partial charge in [0.25, 0.3) is 0 Å². The highest BCUT2D eigenvalue weighted by Gasteiger charge is 2.20. The molecule has 0 radical (unpaired) electrons. The van der Waals surface area contributed by atoms with Crippen LogP contribution in [0.5, 0.6) is 0 Å². The topological polar surface area (TPSA) is 44.8 Å². The first-order valence-electron chi connectivity index (χ1n) is 7.95. The van der Waals surface area contributed by atoms with Gasteiger partial charge in [-0.2, -0.15) is 0 Å². The van der Waals surface area contributed by atoms with Gasteiger partial charge in [-0.3, -0.25) is 0 Å². The summed E-state index contributed by atoms with van der Waals surface area (Å²) in [5.74, 6) is 0. The van der Waals surface area contributed by atoms with Crippen molar-refractivity contribution in [3.63, 3.8) is 0 Å². The molecular weight excluding hydrogens is 278 g/mol. The Morgan fingerprint density at radius 1 is 1.23 bits per heavy atom. The number of hydrogen-bond donors (Lipinski definition) is 1. The second-order valence-corrected chi connectivity index (χ2v) is 6.03. The van der Waals surface area contributed by atoms with Gasteiger partial charge in [-0.25, -0.2) is 4.79 Å². The zero-order valence-corrected chi connectivity index (χ0v) is 14.0. The number of hydrogen-bond acceptors (Lipinski definition) is 3. The number of carbonyl (C=O) groups excluding carboxylic acids is 1. The van der Waals surface area contributed by atoms with Crippen LogP contribution in [-0.4, -0.2) is 50.3 Å². The Balaban J connectivity index is 2.12. The Kier molecular flexibility index (Phi) is 5.66. The first-order chi connectivity index (χ1) is 10.5. The molecule has 0 aromatic heterocycles. The minimum atomic E-state index is -0.0423. The van der Waals surface area contributed by atoms with E-state index in [4.69, 9.17) is 4.74 Å². The van der Waals surface area contributed by atoms with Crippen LogP contribution >= 0.6 is 0 Å². The summed E-state index contributed by atoms with van der Waals surface area (Å²) in [6, 6.07) is 8.38. The van der Waals surface area contributed by atoms with Crippen molar-refractivity contribution in [1.29, 1.82) is 0 Å². The van der Waals surface area contributed by atoms with E-state index in [1.807, 2.05) is 40.0 Å². The lowest BCUT2D eigenvalue weighted by molar-refractivity contribution is 0.122. The summed E-state index contributed by atoms with van der Waals surface area (Å²) >= 11 is 0. The molecule has 1 atom stereocenters. The third-order valence-electron chi connectivity index (χ3n) is 4.19. The number of rotatable bonds is 4. The van der Waals surface area contributed by atoms with Gasteiger partial charge in [0, 0.05) is 31.9 Å². The van der Waals surface area contributed by atoms with Crippen molar-refractivity contribution < 1.29 is 9.53 Å². The highest BCUT2D eigenvalue weighted by Crippen LogP contribution is 2.27. The van der Waals surface area contributed by atoms with Crippen molar-refractivity contribution in [1.82, 2.24) is 10.2 Å². The number of morpholine rings is 1. The molecule has 1 aromatic rings. The van der Waals surface area contributed by atoms with E-state index in [1.165, 1.54) is 5.69 Å². The number of urea groups is 1. The smallest absolute Gasteiger partial charge is 0.317 e. The Labute approximate surface area is 133 Å². The number of nitrogens with one attached hydrogen (secondary N) is 1. The van der Waals surface area contributed by atoms with Crippen molar-refractivity contribution in [3.8, 4) is 0 Å². The summed E-state index contributed by atoms with van der Waals surface area (Å²) in [6.45, 7) is 9.34. The molecule has 1 N–H and O–H groups in total. The molecule has 0 aliphatic carbocycles. The van der Waals surface area contributed by atoms with Gasteiger partial charge in [-0.15, -0.1) is 0 Å². The van der Waals surface area contributed by atoms with Gasteiger partial charge in [0.15, 0.2) is 0 Å². The summed E-state index contributed by atoms with van der Waals surface area (Å²) < 4.78 is 5.43. The molecule has 22 heavy (non-hydrogen) atoms. The first kappa shape index (κ1) is 16.6. The second kappa shape index (κ2) is 7.49. The summed E-state index contributed by atoms with van der Waals surface area (Å²) in [4.78, 5) is 16.3. The molecular formula is C17H27N3O2. The lowest BCUT2D eigenvalue weighted by Crippen LogP contribution is -2.42. The molecule has 2 rings (SSSR count). The van der Waals surface area contributed by atoms with E-state index >= 15 is 0 Å². The van der Waals surface area contributed by atoms with Gasteiger partial charge < -0.3 is 19.9 Å². The summed E-state index contributed by atoms with van der Waals surface area (Å²) in [6.07, 6.45) is 0. The predicted molar refractivity (Wildman–Crippen MR) is 89.3 cm³/mol. The standard InChI is InChI=1S/C17H27N3O2/c1-13(2)19(4)17(21)18-14(3)15-7-5-6-8-16(15)20-9-11-22-12-10-20/h5-8,13-14H,9-12H2,1-4H3,(H,18,21)/t14-/m1/s1. The third-order valence-corrected chi connectivity index (χ3v) is 4.19. The van der Waals surface area contributed by atoms with Crippen LogP contribution in [0.2, 0.25) is 0 Å². The van der Waals surface area contributed by atoms with E-state index in [9.17, 15) is 4.79 Å². The molecule has 5 heteroatoms. The van der Waals surface area contributed by atoms with Crippen molar-refractivity contribution in [2.75, 3.05) is 38.3 Å². The fourth-order valence-electron chi connectivity index (χ4n) is 2.55. The van der Waals surface area contributed by atoms with Gasteiger partial charge in [0.05, 0.1) is 19.3 Å². The number of para-hydroxylation sites is 1. The number of carbonyl (C=O) groups is 1. The third kappa shape index (κ3) is 3.91. The van der Waals surface area contributed by atoms with Gasteiger partial charge in [0.1, 0.15) is 0 Å². The first-order valence-corrected chi connectivity index (χ1v) is 7.95. The van der Waals surface area contributed by atoms with Gasteiger partial charge >= 0.3 is 6.03 Å². The quantitative estimate of drug-likeness (QED) is 0.930. The molecule has 0 bridgehead atoms. The molecule has 1 heterocycles. The molecule has 0 spiro atoms. The fraction of sp³-hybridized carbons (Fsp3) is 0.588. The van der Waals surface area contributed by atoms with Gasteiger partial charge in [0.2, 0.25) is 0 Å². The SMILES string of the molecule is CC(C)N(C)C(=O)N[C@H](C)c1ccccc1N1CCOCC1. The van der Waals surface area contributed by atoms with Crippen LogP contribution in [0.3, 0.4) is 0 Å². The van der Waals surface area contributed by atoms with Crippen molar-refractivity contribution in [3.05, 3.63) is 29.8 Å². The predicted octanol–water partition coefficient (Wildman–Crippen LogP) is 2.63. The van der Waals surface area contributed by atoms with Crippen LogP contribution < -0.4 is 10.2 Å². The molecule has 1 fully saturated rings. The summed E-state index contributed by atoms with van der Waals surface area (Å²) in [5.41, 5.74) is 2.33. The molecule has 122 valence electrons. The van der Waals surface area contributed by atoms with Gasteiger partial charge in [-0.1, -0.05) is 18.2 Å². The lowest BCUT2D eigenvalue weighted by atomic mass is 10.0. The van der Waals surface area contributed by atoms with E-state index in [-0.39, 0.29) is 18.1 Å². The highest BCUT2D eigenvalue weighted by atomic mass is 16.5. The Hall–Kier alpha value is -1.75. The van der Waals surface area contributed by atoms with Crippen molar-refractivity contribution in [2.45, 2.75) is 32.9 Å². The van der Waals surface area contributed by atoms with Crippen molar-refractivity contribution in [2.24, 2.45) is 0 Å². The number of nitrogens with zero attached hydrogens (tertiary/aromatic N) is 2. The monoisotopic (exact) mass is 305 g/mol. The van der Waals surface area contributed by atoms with Crippen LogP contribution in [0.15, 0.2) is 24.3 Å². The van der Waals surface area contributed by atoms with E-state index < -0.39 is 0 Å². The zero-order chi connectivity index (χ0) is 16.1. The molecule has 0 saturated carbocycles. The maximum Gasteiger partial charge on any atom is 0.317 e. The van der Waals surface area contributed by atoms with Crippen molar-refractivity contribution >= 4 is 11.7 Å². The Morgan fingerprint density at radius 2 is 1.86 bits per heavy atom. The van der Waals surface area contributed by atoms with Crippen LogP contribution in [-0.2, 0) is 4.74 Å².